The minimum atomic E-state index is -3.80. The lowest BCUT2D eigenvalue weighted by atomic mass is 10.1. The summed E-state index contributed by atoms with van der Waals surface area (Å²) in [6.45, 7) is 2.54. The Bertz CT molecular complexity index is 1040. The molecule has 1 aliphatic rings. The smallest absolute Gasteiger partial charge is 0.312 e. The highest BCUT2D eigenvalue weighted by Gasteiger charge is 2.30. The highest BCUT2D eigenvalue weighted by atomic mass is 32.2. The van der Waals surface area contributed by atoms with E-state index in [2.05, 4.69) is 5.32 Å². The standard InChI is InChI=1S/C21H26FN3O6S/c1-15(16-4-6-17(22)7-5-16)23-13-18(26)14-31-21-9-8-19(12-20(21)25(27)28)32(29,30)24-10-2-3-11-24/h4-9,12,15,18,23,26H,2-3,10-11,13-14H2,1H3/t15-,18+/m0/s1. The first kappa shape index (κ1) is 24.1. The number of nitrogens with zero attached hydrogens (tertiary/aromatic N) is 2. The molecule has 0 unspecified atom stereocenters. The molecule has 2 atom stereocenters. The number of nitro benzene ring substituents is 1. The van der Waals surface area contributed by atoms with Gasteiger partial charge in [0.15, 0.2) is 5.75 Å². The first-order valence-corrected chi connectivity index (χ1v) is 11.7. The van der Waals surface area contributed by atoms with Gasteiger partial charge in [0.1, 0.15) is 18.5 Å². The van der Waals surface area contributed by atoms with Gasteiger partial charge in [0.2, 0.25) is 10.0 Å². The molecule has 2 aromatic carbocycles. The number of benzene rings is 2. The van der Waals surface area contributed by atoms with Gasteiger partial charge in [0.25, 0.3) is 0 Å². The maximum Gasteiger partial charge on any atom is 0.312 e. The van der Waals surface area contributed by atoms with Crippen molar-refractivity contribution >= 4 is 15.7 Å². The van der Waals surface area contributed by atoms with Gasteiger partial charge < -0.3 is 15.2 Å². The van der Waals surface area contributed by atoms with Gasteiger partial charge in [-0.25, -0.2) is 12.8 Å². The van der Waals surface area contributed by atoms with Crippen molar-refractivity contribution in [2.24, 2.45) is 0 Å². The van der Waals surface area contributed by atoms with E-state index in [1.54, 1.807) is 12.1 Å². The molecule has 0 radical (unpaired) electrons. The molecule has 2 aromatic rings. The number of nitro groups is 1. The lowest BCUT2D eigenvalue weighted by Gasteiger charge is -2.18. The average Bonchev–Trinajstić information content (AvgIpc) is 3.32. The first-order chi connectivity index (χ1) is 15.2. The second-order valence-electron chi connectivity index (χ2n) is 7.64. The number of hydrogen-bond donors (Lipinski definition) is 2. The molecule has 0 aromatic heterocycles. The van der Waals surface area contributed by atoms with Crippen LogP contribution in [-0.2, 0) is 10.0 Å². The number of aliphatic hydroxyl groups excluding tert-OH is 1. The Kier molecular flexibility index (Phi) is 7.77. The van der Waals surface area contributed by atoms with Gasteiger partial charge >= 0.3 is 5.69 Å². The minimum Gasteiger partial charge on any atom is -0.484 e. The van der Waals surface area contributed by atoms with Gasteiger partial charge in [-0.3, -0.25) is 10.1 Å². The molecule has 2 N–H and O–H groups in total. The summed E-state index contributed by atoms with van der Waals surface area (Å²) in [4.78, 5) is 10.6. The van der Waals surface area contributed by atoms with Crippen molar-refractivity contribution in [1.29, 1.82) is 0 Å². The van der Waals surface area contributed by atoms with Crippen molar-refractivity contribution in [3.05, 3.63) is 64.0 Å². The second kappa shape index (κ2) is 10.3. The molecule has 0 bridgehead atoms. The zero-order chi connectivity index (χ0) is 23.3. The Morgan fingerprint density at radius 3 is 2.50 bits per heavy atom. The number of ether oxygens (including phenoxy) is 1. The van der Waals surface area contributed by atoms with Crippen molar-refractivity contribution < 1.29 is 27.6 Å². The van der Waals surface area contributed by atoms with Crippen LogP contribution in [0.1, 0.15) is 31.4 Å². The number of nitrogens with one attached hydrogen (secondary N) is 1. The normalized spacial score (nSPS) is 16.6. The minimum absolute atomic E-state index is 0.124. The molecule has 174 valence electrons. The summed E-state index contributed by atoms with van der Waals surface area (Å²) < 4.78 is 45.1. The van der Waals surface area contributed by atoms with E-state index in [0.717, 1.165) is 24.5 Å². The topological polar surface area (TPSA) is 122 Å². The van der Waals surface area contributed by atoms with Crippen LogP contribution in [0.2, 0.25) is 0 Å². The SMILES string of the molecule is C[C@H](NC[C@@H](O)COc1ccc(S(=O)(=O)N2CCCC2)cc1[N+](=O)[O-])c1ccc(F)cc1. The monoisotopic (exact) mass is 467 g/mol. The number of rotatable bonds is 10. The zero-order valence-electron chi connectivity index (χ0n) is 17.6. The van der Waals surface area contributed by atoms with Crippen LogP contribution in [0.25, 0.3) is 0 Å². The van der Waals surface area contributed by atoms with Gasteiger partial charge in [0, 0.05) is 31.7 Å². The van der Waals surface area contributed by atoms with Crippen molar-refractivity contribution in [3.8, 4) is 5.75 Å². The molecule has 0 spiro atoms. The Balaban J connectivity index is 1.61. The third-order valence-electron chi connectivity index (χ3n) is 5.29. The average molecular weight is 468 g/mol. The molecule has 0 aliphatic carbocycles. The molecule has 1 heterocycles. The van der Waals surface area contributed by atoms with E-state index in [9.17, 15) is 28.0 Å². The highest BCUT2D eigenvalue weighted by molar-refractivity contribution is 7.89. The Labute approximate surface area is 186 Å². The fraction of sp³-hybridized carbons (Fsp3) is 0.429. The number of hydrogen-bond acceptors (Lipinski definition) is 7. The third kappa shape index (κ3) is 5.80. The maximum absolute atomic E-state index is 13.0. The number of halogens is 1. The van der Waals surface area contributed by atoms with E-state index in [-0.39, 0.29) is 35.7 Å². The summed E-state index contributed by atoms with van der Waals surface area (Å²) in [6.07, 6.45) is 0.535. The predicted molar refractivity (Wildman–Crippen MR) is 115 cm³/mol. The maximum atomic E-state index is 13.0. The van der Waals surface area contributed by atoms with Crippen LogP contribution in [0.4, 0.5) is 10.1 Å². The quantitative estimate of drug-likeness (QED) is 0.407. The zero-order valence-corrected chi connectivity index (χ0v) is 18.4. The van der Waals surface area contributed by atoms with Crippen molar-refractivity contribution in [3.63, 3.8) is 0 Å². The van der Waals surface area contributed by atoms with Crippen LogP contribution in [0.3, 0.4) is 0 Å². The summed E-state index contributed by atoms with van der Waals surface area (Å²) in [7, 11) is -3.80. The van der Waals surface area contributed by atoms with Gasteiger partial charge in [-0.15, -0.1) is 0 Å². The largest absolute Gasteiger partial charge is 0.484 e. The van der Waals surface area contributed by atoms with Crippen molar-refractivity contribution in [1.82, 2.24) is 9.62 Å². The molecule has 1 saturated heterocycles. The lowest BCUT2D eigenvalue weighted by Crippen LogP contribution is -2.33. The van der Waals surface area contributed by atoms with Crippen LogP contribution < -0.4 is 10.1 Å². The second-order valence-corrected chi connectivity index (χ2v) is 9.58. The van der Waals surface area contributed by atoms with E-state index < -0.39 is 26.7 Å². The lowest BCUT2D eigenvalue weighted by molar-refractivity contribution is -0.386. The molecule has 3 rings (SSSR count). The summed E-state index contributed by atoms with van der Waals surface area (Å²) in [5.74, 6) is -0.462. The third-order valence-corrected chi connectivity index (χ3v) is 7.19. The molecule has 1 fully saturated rings. The van der Waals surface area contributed by atoms with Gasteiger partial charge in [-0.05, 0) is 49.6 Å². The fourth-order valence-electron chi connectivity index (χ4n) is 3.43. The molecule has 1 aliphatic heterocycles. The van der Waals surface area contributed by atoms with Gasteiger partial charge in [-0.1, -0.05) is 12.1 Å². The Morgan fingerprint density at radius 1 is 1.22 bits per heavy atom. The van der Waals surface area contributed by atoms with E-state index >= 15 is 0 Å². The van der Waals surface area contributed by atoms with Crippen LogP contribution >= 0.6 is 0 Å². The van der Waals surface area contributed by atoms with E-state index in [0.29, 0.717) is 13.1 Å². The van der Waals surface area contributed by atoms with Crippen molar-refractivity contribution in [2.45, 2.75) is 36.8 Å². The van der Waals surface area contributed by atoms with Crippen LogP contribution in [0.5, 0.6) is 5.75 Å². The molecular formula is C21H26FN3O6S. The number of sulfonamides is 1. The molecule has 0 saturated carbocycles. The molecule has 9 nitrogen and oxygen atoms in total. The summed E-state index contributed by atoms with van der Waals surface area (Å²) >= 11 is 0. The molecular weight excluding hydrogens is 441 g/mol. The Hall–Kier alpha value is -2.60. The van der Waals surface area contributed by atoms with E-state index in [1.165, 1.54) is 28.6 Å². The van der Waals surface area contributed by atoms with Crippen LogP contribution in [0.15, 0.2) is 47.4 Å². The van der Waals surface area contributed by atoms with Gasteiger partial charge in [0.05, 0.1) is 9.82 Å². The summed E-state index contributed by atoms with van der Waals surface area (Å²) in [5.41, 5.74) is 0.357. The van der Waals surface area contributed by atoms with Crippen LogP contribution in [-0.4, -0.2) is 55.1 Å². The van der Waals surface area contributed by atoms with Crippen LogP contribution in [0, 0.1) is 15.9 Å². The van der Waals surface area contributed by atoms with E-state index in [4.69, 9.17) is 4.74 Å². The summed E-state index contributed by atoms with van der Waals surface area (Å²) in [5, 5.41) is 24.7. The van der Waals surface area contributed by atoms with E-state index in [1.807, 2.05) is 6.92 Å². The summed E-state index contributed by atoms with van der Waals surface area (Å²) in [6, 6.07) is 9.31. The molecule has 32 heavy (non-hydrogen) atoms. The molecule has 11 heteroatoms. The van der Waals surface area contributed by atoms with Gasteiger partial charge in [-0.2, -0.15) is 4.31 Å². The Morgan fingerprint density at radius 2 is 1.88 bits per heavy atom. The number of aliphatic hydroxyl groups is 1. The molecule has 0 amide bonds. The fourth-order valence-corrected chi connectivity index (χ4v) is 4.96. The van der Waals surface area contributed by atoms with Crippen molar-refractivity contribution in [2.75, 3.05) is 26.2 Å². The first-order valence-electron chi connectivity index (χ1n) is 10.3. The highest BCUT2D eigenvalue weighted by Crippen LogP contribution is 2.32. The predicted octanol–water partition coefficient (Wildman–Crippen LogP) is 2.61.